The summed E-state index contributed by atoms with van der Waals surface area (Å²) in [5.41, 5.74) is 2.87. The molecule has 0 bridgehead atoms. The Bertz CT molecular complexity index is 1370. The number of benzene rings is 3. The molecule has 0 atom stereocenters. The molecule has 1 saturated heterocycles. The second-order valence-electron chi connectivity index (χ2n) is 9.51. The zero-order valence-corrected chi connectivity index (χ0v) is 24.1. The average molecular weight is 580 g/mol. The smallest absolute Gasteiger partial charge is 0.270 e. The molecule has 3 aromatic carbocycles. The minimum atomic E-state index is -0.185. The molecule has 1 amide bonds. The van der Waals surface area contributed by atoms with Crippen molar-refractivity contribution < 1.29 is 19.0 Å². The van der Waals surface area contributed by atoms with E-state index in [-0.39, 0.29) is 5.91 Å². The predicted octanol–water partition coefficient (Wildman–Crippen LogP) is 8.26. The standard InChI is InChI=1S/C31H30ClNO4S2/c1-35-28-18-21(19-29-30(34)33(31(38)39-29)25-9-5-8-24(32)20-25)10-15-27(28)37-17-16-36-26-13-11-23(12-14-26)22-6-3-2-4-7-22/h5,8-15,18-20,22H,2-4,6-7,16-17H2,1H3/b29-19+. The van der Waals surface area contributed by atoms with Crippen LogP contribution in [0.4, 0.5) is 5.69 Å². The molecule has 3 aromatic rings. The third-order valence-corrected chi connectivity index (χ3v) is 8.45. The Morgan fingerprint density at radius 2 is 1.74 bits per heavy atom. The molecule has 0 N–H and O–H groups in total. The molecule has 0 spiro atoms. The number of nitrogens with zero attached hydrogens (tertiary/aromatic N) is 1. The maximum atomic E-state index is 13.1. The van der Waals surface area contributed by atoms with Crippen LogP contribution in [0.25, 0.3) is 6.08 Å². The minimum absolute atomic E-state index is 0.185. The monoisotopic (exact) mass is 579 g/mol. The summed E-state index contributed by atoms with van der Waals surface area (Å²) in [5.74, 6) is 2.53. The summed E-state index contributed by atoms with van der Waals surface area (Å²) in [4.78, 5) is 15.1. The van der Waals surface area contributed by atoms with Gasteiger partial charge in [-0.25, -0.2) is 0 Å². The van der Waals surface area contributed by atoms with Crippen LogP contribution in [0.2, 0.25) is 5.02 Å². The zero-order chi connectivity index (χ0) is 27.2. The number of halogens is 1. The average Bonchev–Trinajstić information content (AvgIpc) is 3.24. The molecule has 1 saturated carbocycles. The molecule has 1 aliphatic heterocycles. The van der Waals surface area contributed by atoms with E-state index in [9.17, 15) is 4.79 Å². The maximum Gasteiger partial charge on any atom is 0.270 e. The van der Waals surface area contributed by atoms with Gasteiger partial charge in [0.1, 0.15) is 19.0 Å². The van der Waals surface area contributed by atoms with Crippen LogP contribution in [-0.4, -0.2) is 30.6 Å². The number of hydrogen-bond acceptors (Lipinski definition) is 6. The Kier molecular flexibility index (Phi) is 9.12. The topological polar surface area (TPSA) is 48.0 Å². The number of thioether (sulfide) groups is 1. The van der Waals surface area contributed by atoms with Gasteiger partial charge in [-0.15, -0.1) is 0 Å². The van der Waals surface area contributed by atoms with E-state index >= 15 is 0 Å². The summed E-state index contributed by atoms with van der Waals surface area (Å²) < 4.78 is 17.8. The van der Waals surface area contributed by atoms with Crippen LogP contribution in [0.1, 0.15) is 49.1 Å². The summed E-state index contributed by atoms with van der Waals surface area (Å²) in [6, 6.07) is 21.1. The normalized spacial score (nSPS) is 17.1. The Morgan fingerprint density at radius 1 is 0.974 bits per heavy atom. The van der Waals surface area contributed by atoms with Gasteiger partial charge in [-0.1, -0.05) is 79.1 Å². The quantitative estimate of drug-likeness (QED) is 0.144. The van der Waals surface area contributed by atoms with E-state index in [1.165, 1.54) is 54.3 Å². The number of thiocarbonyl (C=S) groups is 1. The fourth-order valence-corrected chi connectivity index (χ4v) is 6.42. The van der Waals surface area contributed by atoms with Gasteiger partial charge in [-0.2, -0.15) is 0 Å². The van der Waals surface area contributed by atoms with Crippen molar-refractivity contribution in [1.82, 2.24) is 0 Å². The van der Waals surface area contributed by atoms with Crippen molar-refractivity contribution in [3.63, 3.8) is 0 Å². The van der Waals surface area contributed by atoms with E-state index in [4.69, 9.17) is 38.0 Å². The van der Waals surface area contributed by atoms with Crippen molar-refractivity contribution >= 4 is 57.6 Å². The number of rotatable bonds is 9. The molecule has 2 aliphatic rings. The van der Waals surface area contributed by atoms with E-state index in [0.29, 0.717) is 50.6 Å². The second-order valence-corrected chi connectivity index (χ2v) is 11.6. The first-order chi connectivity index (χ1) is 19.0. The largest absolute Gasteiger partial charge is 0.493 e. The van der Waals surface area contributed by atoms with Crippen LogP contribution in [0.3, 0.4) is 0 Å². The first-order valence-electron chi connectivity index (χ1n) is 13.1. The summed E-state index contributed by atoms with van der Waals surface area (Å²) in [6.45, 7) is 0.790. The van der Waals surface area contributed by atoms with Crippen molar-refractivity contribution in [3.8, 4) is 17.2 Å². The number of methoxy groups -OCH3 is 1. The Hall–Kier alpha value is -3.00. The van der Waals surface area contributed by atoms with Gasteiger partial charge in [0.15, 0.2) is 15.8 Å². The van der Waals surface area contributed by atoms with Crippen molar-refractivity contribution in [1.29, 1.82) is 0 Å². The van der Waals surface area contributed by atoms with Gasteiger partial charge in [-0.3, -0.25) is 9.69 Å². The van der Waals surface area contributed by atoms with Crippen LogP contribution in [0.5, 0.6) is 17.2 Å². The van der Waals surface area contributed by atoms with E-state index in [1.807, 2.05) is 36.4 Å². The summed E-state index contributed by atoms with van der Waals surface area (Å²) in [7, 11) is 1.59. The third kappa shape index (κ3) is 6.78. The third-order valence-electron chi connectivity index (χ3n) is 6.91. The fraction of sp³-hybridized carbons (Fsp3) is 0.290. The van der Waals surface area contributed by atoms with Gasteiger partial charge in [0, 0.05) is 5.02 Å². The van der Waals surface area contributed by atoms with Gasteiger partial charge in [0.25, 0.3) is 5.91 Å². The molecular weight excluding hydrogens is 550 g/mol. The van der Waals surface area contributed by atoms with Gasteiger partial charge >= 0.3 is 0 Å². The minimum Gasteiger partial charge on any atom is -0.493 e. The highest BCUT2D eigenvalue weighted by Gasteiger charge is 2.33. The van der Waals surface area contributed by atoms with Gasteiger partial charge in [0.05, 0.1) is 17.7 Å². The lowest BCUT2D eigenvalue weighted by molar-refractivity contribution is -0.113. The Balaban J connectivity index is 1.17. The summed E-state index contributed by atoms with van der Waals surface area (Å²) >= 11 is 12.8. The first-order valence-corrected chi connectivity index (χ1v) is 14.7. The Labute approximate surface area is 244 Å². The van der Waals surface area contributed by atoms with Gasteiger partial charge in [0.2, 0.25) is 0 Å². The van der Waals surface area contributed by atoms with Crippen LogP contribution >= 0.6 is 35.6 Å². The van der Waals surface area contributed by atoms with Crippen molar-refractivity contribution in [2.24, 2.45) is 0 Å². The summed E-state index contributed by atoms with van der Waals surface area (Å²) in [6.07, 6.45) is 8.40. The Morgan fingerprint density at radius 3 is 2.49 bits per heavy atom. The van der Waals surface area contributed by atoms with E-state index in [1.54, 1.807) is 31.4 Å². The molecule has 1 heterocycles. The van der Waals surface area contributed by atoms with Crippen molar-refractivity contribution in [2.45, 2.75) is 38.0 Å². The van der Waals surface area contributed by atoms with Crippen LogP contribution in [-0.2, 0) is 4.79 Å². The molecule has 1 aliphatic carbocycles. The highest BCUT2D eigenvalue weighted by molar-refractivity contribution is 8.27. The molecule has 0 unspecified atom stereocenters. The number of hydrogen-bond donors (Lipinski definition) is 0. The molecule has 5 nitrogen and oxygen atoms in total. The highest BCUT2D eigenvalue weighted by Crippen LogP contribution is 2.38. The molecule has 0 aromatic heterocycles. The lowest BCUT2D eigenvalue weighted by Crippen LogP contribution is -2.27. The number of carbonyl (C=O) groups excluding carboxylic acids is 1. The number of anilines is 1. The van der Waals surface area contributed by atoms with E-state index in [2.05, 4.69) is 12.1 Å². The van der Waals surface area contributed by atoms with E-state index < -0.39 is 0 Å². The number of amides is 1. The van der Waals surface area contributed by atoms with Crippen LogP contribution in [0, 0.1) is 0 Å². The van der Waals surface area contributed by atoms with E-state index in [0.717, 1.165) is 11.3 Å². The van der Waals surface area contributed by atoms with Crippen molar-refractivity contribution in [3.05, 3.63) is 87.8 Å². The molecule has 39 heavy (non-hydrogen) atoms. The highest BCUT2D eigenvalue weighted by atomic mass is 35.5. The second kappa shape index (κ2) is 12.9. The molecule has 202 valence electrons. The predicted molar refractivity (Wildman–Crippen MR) is 163 cm³/mol. The number of carbonyl (C=O) groups is 1. The fourth-order valence-electron chi connectivity index (χ4n) is 4.93. The molecule has 8 heteroatoms. The molecular formula is C31H30ClNO4S2. The molecule has 2 fully saturated rings. The first kappa shape index (κ1) is 27.6. The zero-order valence-electron chi connectivity index (χ0n) is 21.7. The summed E-state index contributed by atoms with van der Waals surface area (Å²) in [5, 5.41) is 0.545. The van der Waals surface area contributed by atoms with Crippen molar-refractivity contribution in [2.75, 3.05) is 25.2 Å². The van der Waals surface area contributed by atoms with Crippen LogP contribution in [0.15, 0.2) is 71.6 Å². The molecule has 5 rings (SSSR count). The van der Waals surface area contributed by atoms with Gasteiger partial charge < -0.3 is 14.2 Å². The maximum absolute atomic E-state index is 13.1. The lowest BCUT2D eigenvalue weighted by Gasteiger charge is -2.22. The molecule has 0 radical (unpaired) electrons. The lowest BCUT2D eigenvalue weighted by atomic mass is 9.84. The van der Waals surface area contributed by atoms with Gasteiger partial charge in [-0.05, 0) is 78.4 Å². The SMILES string of the molecule is COc1cc(/C=C2/SC(=S)N(c3cccc(Cl)c3)C2=O)ccc1OCCOc1ccc(C2CCCCC2)cc1. The van der Waals surface area contributed by atoms with Crippen LogP contribution < -0.4 is 19.1 Å². The number of ether oxygens (including phenoxy) is 3.